The number of piperidine rings is 1. The lowest BCUT2D eigenvalue weighted by Gasteiger charge is -2.31. The average Bonchev–Trinajstić information content (AvgIpc) is 2.66. The number of benzene rings is 2. The molecular weight excluding hydrogens is 397 g/mol. The maximum Gasteiger partial charge on any atom is 0.238 e. The molecule has 0 aliphatic carbocycles. The van der Waals surface area contributed by atoms with Crippen LogP contribution in [0, 0.1) is 0 Å². The molecule has 7 heteroatoms. The van der Waals surface area contributed by atoms with E-state index in [-0.39, 0.29) is 24.3 Å². The van der Waals surface area contributed by atoms with E-state index < -0.39 is 0 Å². The van der Waals surface area contributed by atoms with Crippen LogP contribution in [0.2, 0.25) is 10.0 Å². The van der Waals surface area contributed by atoms with Crippen molar-refractivity contribution in [3.63, 3.8) is 0 Å². The van der Waals surface area contributed by atoms with Gasteiger partial charge in [0, 0.05) is 34.9 Å². The monoisotopic (exact) mass is 419 g/mol. The number of carbonyl (C=O) groups is 2. The number of rotatable bonds is 6. The summed E-state index contributed by atoms with van der Waals surface area (Å²) in [5.41, 5.74) is 1.56. The van der Waals surface area contributed by atoms with Crippen molar-refractivity contribution >= 4 is 40.7 Å². The lowest BCUT2D eigenvalue weighted by molar-refractivity contribution is -0.122. The molecule has 0 radical (unpaired) electrons. The lowest BCUT2D eigenvalue weighted by atomic mass is 10.0. The molecule has 3 rings (SSSR count). The van der Waals surface area contributed by atoms with Crippen molar-refractivity contribution in [2.24, 2.45) is 0 Å². The molecule has 2 N–H and O–H groups in total. The van der Waals surface area contributed by atoms with E-state index in [9.17, 15) is 9.59 Å². The maximum atomic E-state index is 12.3. The molecule has 1 saturated heterocycles. The molecular formula is C21H23Cl2N3O2. The van der Waals surface area contributed by atoms with Crippen molar-refractivity contribution in [3.8, 4) is 0 Å². The fraction of sp³-hybridized carbons (Fsp3) is 0.333. The summed E-state index contributed by atoms with van der Waals surface area (Å²) in [7, 11) is 0. The van der Waals surface area contributed by atoms with Gasteiger partial charge in [-0.3, -0.25) is 14.5 Å². The normalized spacial score (nSPS) is 15.2. The number of hydrogen-bond donors (Lipinski definition) is 2. The largest absolute Gasteiger partial charge is 0.353 e. The van der Waals surface area contributed by atoms with Crippen LogP contribution in [0.5, 0.6) is 0 Å². The van der Waals surface area contributed by atoms with E-state index in [1.807, 2.05) is 30.3 Å². The standard InChI is InChI=1S/C21H23Cl2N3O2/c22-16-7-6-15(19(23)13-16)12-20(27)24-18-8-10-26(11-9-18)14-21(28)25-17-4-2-1-3-5-17/h1-7,13,18H,8-12,14H2,(H,24,27)(H,25,28). The molecule has 1 aliphatic heterocycles. The Morgan fingerprint density at radius 3 is 2.39 bits per heavy atom. The van der Waals surface area contributed by atoms with Gasteiger partial charge in [0.05, 0.1) is 13.0 Å². The number of halogens is 2. The third-order valence-electron chi connectivity index (χ3n) is 4.74. The second-order valence-corrected chi connectivity index (χ2v) is 7.79. The van der Waals surface area contributed by atoms with E-state index in [4.69, 9.17) is 23.2 Å². The van der Waals surface area contributed by atoms with Crippen LogP contribution in [0.1, 0.15) is 18.4 Å². The number of amides is 2. The van der Waals surface area contributed by atoms with Gasteiger partial charge in [-0.2, -0.15) is 0 Å². The van der Waals surface area contributed by atoms with E-state index in [0.29, 0.717) is 16.6 Å². The zero-order valence-electron chi connectivity index (χ0n) is 15.5. The van der Waals surface area contributed by atoms with E-state index in [0.717, 1.165) is 37.2 Å². The van der Waals surface area contributed by atoms with Crippen LogP contribution < -0.4 is 10.6 Å². The highest BCUT2D eigenvalue weighted by atomic mass is 35.5. The Kier molecular flexibility index (Phi) is 7.31. The molecule has 28 heavy (non-hydrogen) atoms. The number of hydrogen-bond acceptors (Lipinski definition) is 3. The van der Waals surface area contributed by atoms with Gasteiger partial charge in [-0.15, -0.1) is 0 Å². The van der Waals surface area contributed by atoms with E-state index in [1.54, 1.807) is 18.2 Å². The number of anilines is 1. The molecule has 0 spiro atoms. The summed E-state index contributed by atoms with van der Waals surface area (Å²) in [4.78, 5) is 26.6. The number of para-hydroxylation sites is 1. The zero-order chi connectivity index (χ0) is 19.9. The Morgan fingerprint density at radius 1 is 1.00 bits per heavy atom. The van der Waals surface area contributed by atoms with Gasteiger partial charge in [-0.05, 0) is 42.7 Å². The van der Waals surface area contributed by atoms with Gasteiger partial charge in [0.2, 0.25) is 11.8 Å². The van der Waals surface area contributed by atoms with Crippen LogP contribution in [0.15, 0.2) is 48.5 Å². The predicted octanol–water partition coefficient (Wildman–Crippen LogP) is 3.76. The Bertz CT molecular complexity index is 822. The molecule has 2 amide bonds. The number of likely N-dealkylation sites (tertiary alicyclic amines) is 1. The molecule has 1 fully saturated rings. The first kappa shape index (κ1) is 20.6. The minimum Gasteiger partial charge on any atom is -0.353 e. The minimum atomic E-state index is -0.0514. The lowest BCUT2D eigenvalue weighted by Crippen LogP contribution is -2.46. The molecule has 1 heterocycles. The molecule has 2 aromatic rings. The summed E-state index contributed by atoms with van der Waals surface area (Å²) in [6.07, 6.45) is 1.87. The molecule has 0 bridgehead atoms. The van der Waals surface area contributed by atoms with Gasteiger partial charge in [0.1, 0.15) is 0 Å². The summed E-state index contributed by atoms with van der Waals surface area (Å²) in [5, 5.41) is 7.02. The van der Waals surface area contributed by atoms with Crippen molar-refractivity contribution in [1.82, 2.24) is 10.2 Å². The van der Waals surface area contributed by atoms with Crippen LogP contribution in [-0.2, 0) is 16.0 Å². The Balaban J connectivity index is 1.40. The summed E-state index contributed by atoms with van der Waals surface area (Å²) in [5.74, 6) is -0.0736. The summed E-state index contributed by atoms with van der Waals surface area (Å²) < 4.78 is 0. The van der Waals surface area contributed by atoms with Crippen molar-refractivity contribution in [1.29, 1.82) is 0 Å². The smallest absolute Gasteiger partial charge is 0.238 e. The van der Waals surface area contributed by atoms with Crippen LogP contribution in [-0.4, -0.2) is 42.4 Å². The number of carbonyl (C=O) groups excluding carboxylic acids is 2. The van der Waals surface area contributed by atoms with Crippen LogP contribution in [0.25, 0.3) is 0 Å². The van der Waals surface area contributed by atoms with Crippen LogP contribution >= 0.6 is 23.2 Å². The van der Waals surface area contributed by atoms with Gasteiger partial charge in [-0.25, -0.2) is 0 Å². The topological polar surface area (TPSA) is 61.4 Å². The quantitative estimate of drug-likeness (QED) is 0.748. The first-order chi connectivity index (χ1) is 13.5. The molecule has 0 saturated carbocycles. The van der Waals surface area contributed by atoms with Crippen molar-refractivity contribution in [3.05, 3.63) is 64.1 Å². The molecule has 148 valence electrons. The molecule has 0 atom stereocenters. The Labute approximate surface area is 175 Å². The first-order valence-corrected chi connectivity index (χ1v) is 10.1. The Morgan fingerprint density at radius 2 is 1.71 bits per heavy atom. The third kappa shape index (κ3) is 6.23. The van der Waals surface area contributed by atoms with Gasteiger partial charge in [0.15, 0.2) is 0 Å². The average molecular weight is 420 g/mol. The molecule has 1 aliphatic rings. The summed E-state index contributed by atoms with van der Waals surface area (Å²) >= 11 is 12.0. The third-order valence-corrected chi connectivity index (χ3v) is 5.33. The second kappa shape index (κ2) is 9.92. The van der Waals surface area contributed by atoms with Crippen LogP contribution in [0.4, 0.5) is 5.69 Å². The van der Waals surface area contributed by atoms with Gasteiger partial charge < -0.3 is 10.6 Å². The fourth-order valence-corrected chi connectivity index (χ4v) is 3.75. The SMILES string of the molecule is O=C(CN1CCC(NC(=O)Cc2ccc(Cl)cc2Cl)CC1)Nc1ccccc1. The highest BCUT2D eigenvalue weighted by Gasteiger charge is 2.22. The molecule has 0 unspecified atom stereocenters. The highest BCUT2D eigenvalue weighted by molar-refractivity contribution is 6.35. The summed E-state index contributed by atoms with van der Waals surface area (Å²) in [6, 6.07) is 14.7. The number of nitrogens with one attached hydrogen (secondary N) is 2. The van der Waals surface area contributed by atoms with E-state index in [2.05, 4.69) is 15.5 Å². The van der Waals surface area contributed by atoms with Gasteiger partial charge >= 0.3 is 0 Å². The second-order valence-electron chi connectivity index (χ2n) is 6.94. The first-order valence-electron chi connectivity index (χ1n) is 9.30. The minimum absolute atomic E-state index is 0.0222. The van der Waals surface area contributed by atoms with Gasteiger partial charge in [0.25, 0.3) is 0 Å². The van der Waals surface area contributed by atoms with Gasteiger partial charge in [-0.1, -0.05) is 47.5 Å². The highest BCUT2D eigenvalue weighted by Crippen LogP contribution is 2.21. The van der Waals surface area contributed by atoms with E-state index >= 15 is 0 Å². The van der Waals surface area contributed by atoms with Crippen molar-refractivity contribution in [2.45, 2.75) is 25.3 Å². The van der Waals surface area contributed by atoms with Crippen molar-refractivity contribution < 1.29 is 9.59 Å². The van der Waals surface area contributed by atoms with Crippen LogP contribution in [0.3, 0.4) is 0 Å². The molecule has 0 aromatic heterocycles. The number of nitrogens with zero attached hydrogens (tertiary/aromatic N) is 1. The van der Waals surface area contributed by atoms with E-state index in [1.165, 1.54) is 0 Å². The summed E-state index contributed by atoms with van der Waals surface area (Å²) in [6.45, 7) is 1.90. The van der Waals surface area contributed by atoms with Crippen molar-refractivity contribution in [2.75, 3.05) is 25.0 Å². The maximum absolute atomic E-state index is 12.3. The Hall–Kier alpha value is -2.08. The predicted molar refractivity (Wildman–Crippen MR) is 113 cm³/mol. The fourth-order valence-electron chi connectivity index (χ4n) is 3.28. The molecule has 2 aromatic carbocycles. The zero-order valence-corrected chi connectivity index (χ0v) is 17.0. The molecule has 5 nitrogen and oxygen atoms in total.